The van der Waals surface area contributed by atoms with Gasteiger partial charge in [-0.05, 0) is 0 Å². The fourth-order valence-corrected chi connectivity index (χ4v) is 2.38. The van der Waals surface area contributed by atoms with E-state index < -0.39 is 30.7 Å². The summed E-state index contributed by atoms with van der Waals surface area (Å²) >= 11 is 0. The molecule has 1 aliphatic heterocycles. The van der Waals surface area contributed by atoms with E-state index in [1.165, 1.54) is 0 Å². The van der Waals surface area contributed by atoms with Crippen LogP contribution in [0, 0.1) is 0 Å². The summed E-state index contributed by atoms with van der Waals surface area (Å²) in [7, 11) is 0. The average Bonchev–Trinajstić information content (AvgIpc) is 2.89. The van der Waals surface area contributed by atoms with Crippen LogP contribution in [-0.2, 0) is 4.79 Å². The second-order valence-electron chi connectivity index (χ2n) is 5.38. The number of alkyl halides is 3. The number of hydrogen-bond donors (Lipinski definition) is 1. The Kier molecular flexibility index (Phi) is 4.55. The maximum Gasteiger partial charge on any atom is 0.419 e. The molecule has 1 aromatic rings. The highest BCUT2D eigenvalue weighted by Gasteiger charge is 2.57. The van der Waals surface area contributed by atoms with E-state index in [1.807, 2.05) is 0 Å². The fourth-order valence-electron chi connectivity index (χ4n) is 2.38. The largest absolute Gasteiger partial charge is 0.419 e. The summed E-state index contributed by atoms with van der Waals surface area (Å²) in [4.78, 5) is 24.7. The quantitative estimate of drug-likeness (QED) is 0.867. The lowest BCUT2D eigenvalue weighted by atomic mass is 10.0. The molecule has 2 rings (SSSR count). The van der Waals surface area contributed by atoms with Crippen LogP contribution in [0.2, 0.25) is 0 Å². The van der Waals surface area contributed by atoms with E-state index in [0.29, 0.717) is 5.56 Å². The summed E-state index contributed by atoms with van der Waals surface area (Å²) in [6.07, 6.45) is -5.53. The van der Waals surface area contributed by atoms with Crippen LogP contribution in [0.4, 0.5) is 13.2 Å². The topological polar surface area (TPSA) is 57.6 Å². The van der Waals surface area contributed by atoms with Gasteiger partial charge in [-0.3, -0.25) is 9.59 Å². The van der Waals surface area contributed by atoms with Crippen molar-refractivity contribution in [2.75, 3.05) is 13.1 Å². The molecule has 0 aromatic heterocycles. The molecule has 1 aliphatic rings. The molecule has 0 saturated carbocycles. The fraction of sp³-hybridized carbons (Fsp3) is 0.467. The van der Waals surface area contributed by atoms with Gasteiger partial charge in [0.05, 0.1) is 6.54 Å². The second-order valence-corrected chi connectivity index (χ2v) is 5.38. The molecule has 4 nitrogen and oxygen atoms in total. The van der Waals surface area contributed by atoms with Gasteiger partial charge in [-0.1, -0.05) is 30.3 Å². The zero-order valence-electron chi connectivity index (χ0n) is 11.8. The van der Waals surface area contributed by atoms with Crippen LogP contribution in [0.1, 0.15) is 29.6 Å². The van der Waals surface area contributed by atoms with Crippen molar-refractivity contribution in [1.29, 1.82) is 0 Å². The molecule has 1 fully saturated rings. The number of nitrogens with zero attached hydrogens (tertiary/aromatic N) is 1. The van der Waals surface area contributed by atoms with Gasteiger partial charge in [0.1, 0.15) is 0 Å². The number of amides is 1. The number of aliphatic hydroxyl groups is 1. The molecule has 1 atom stereocenters. The van der Waals surface area contributed by atoms with Crippen molar-refractivity contribution in [2.24, 2.45) is 0 Å². The van der Waals surface area contributed by atoms with Gasteiger partial charge in [0.25, 0.3) is 0 Å². The molecule has 1 N–H and O–H groups in total. The van der Waals surface area contributed by atoms with Gasteiger partial charge < -0.3 is 10.0 Å². The number of likely N-dealkylation sites (tertiary alicyclic amines) is 1. The first-order valence-electron chi connectivity index (χ1n) is 6.88. The SMILES string of the molecule is O=C(CCC(=O)N1CC[C@](O)(C(F)(F)F)C1)c1ccccc1. The van der Waals surface area contributed by atoms with Crippen molar-refractivity contribution in [1.82, 2.24) is 4.90 Å². The third-order valence-corrected chi connectivity index (χ3v) is 3.79. The Morgan fingerprint density at radius 2 is 1.82 bits per heavy atom. The van der Waals surface area contributed by atoms with Crippen molar-refractivity contribution in [3.63, 3.8) is 0 Å². The number of rotatable bonds is 4. The first-order chi connectivity index (χ1) is 10.2. The number of benzene rings is 1. The van der Waals surface area contributed by atoms with Gasteiger partial charge >= 0.3 is 6.18 Å². The Morgan fingerprint density at radius 1 is 1.18 bits per heavy atom. The highest BCUT2D eigenvalue weighted by molar-refractivity contribution is 5.97. The van der Waals surface area contributed by atoms with E-state index in [9.17, 15) is 27.9 Å². The molecule has 0 aliphatic carbocycles. The van der Waals surface area contributed by atoms with Gasteiger partial charge in [0.2, 0.25) is 5.91 Å². The third kappa shape index (κ3) is 3.47. The van der Waals surface area contributed by atoms with E-state index in [-0.39, 0.29) is 25.2 Å². The molecule has 1 aromatic carbocycles. The second kappa shape index (κ2) is 6.08. The summed E-state index contributed by atoms with van der Waals surface area (Å²) in [6.45, 7) is -0.927. The van der Waals surface area contributed by atoms with Crippen molar-refractivity contribution >= 4 is 11.7 Å². The average molecular weight is 315 g/mol. The third-order valence-electron chi connectivity index (χ3n) is 3.79. The Hall–Kier alpha value is -1.89. The lowest BCUT2D eigenvalue weighted by molar-refractivity contribution is -0.253. The van der Waals surface area contributed by atoms with Gasteiger partial charge in [0.15, 0.2) is 11.4 Å². The van der Waals surface area contributed by atoms with Crippen molar-refractivity contribution in [2.45, 2.75) is 31.0 Å². The summed E-state index contributed by atoms with van der Waals surface area (Å²) in [6, 6.07) is 8.37. The van der Waals surface area contributed by atoms with Crippen LogP contribution in [0.3, 0.4) is 0 Å². The van der Waals surface area contributed by atoms with E-state index in [0.717, 1.165) is 4.90 Å². The lowest BCUT2D eigenvalue weighted by Crippen LogP contribution is -2.48. The summed E-state index contributed by atoms with van der Waals surface area (Å²) in [5.74, 6) is -0.788. The maximum absolute atomic E-state index is 12.7. The Morgan fingerprint density at radius 3 is 2.36 bits per heavy atom. The predicted octanol–water partition coefficient (Wildman–Crippen LogP) is 2.18. The number of β-amino-alcohol motifs (C(OH)–C–C–N with tert-alkyl or cyclic N) is 1. The minimum absolute atomic E-state index is 0.0657. The summed E-state index contributed by atoms with van der Waals surface area (Å²) in [5, 5.41) is 9.52. The first-order valence-corrected chi connectivity index (χ1v) is 6.88. The molecular formula is C15H16F3NO3. The van der Waals surface area contributed by atoms with E-state index in [2.05, 4.69) is 0 Å². The zero-order chi connectivity index (χ0) is 16.4. The molecular weight excluding hydrogens is 299 g/mol. The Bertz CT molecular complexity index is 559. The molecule has 22 heavy (non-hydrogen) atoms. The number of hydrogen-bond acceptors (Lipinski definition) is 3. The minimum atomic E-state index is -4.76. The van der Waals surface area contributed by atoms with Gasteiger partial charge in [-0.15, -0.1) is 0 Å². The standard InChI is InChI=1S/C15H16F3NO3/c16-15(17,18)14(22)8-9-19(10-14)13(21)7-6-12(20)11-4-2-1-3-5-11/h1-5,22H,6-10H2/t14-/m1/s1. The monoisotopic (exact) mass is 315 g/mol. The Labute approximate surface area is 125 Å². The van der Waals surface area contributed by atoms with E-state index in [1.54, 1.807) is 30.3 Å². The lowest BCUT2D eigenvalue weighted by Gasteiger charge is -2.25. The van der Waals surface area contributed by atoms with Gasteiger partial charge in [-0.2, -0.15) is 13.2 Å². The summed E-state index contributed by atoms with van der Waals surface area (Å²) < 4.78 is 38.0. The number of ketones is 1. The molecule has 0 spiro atoms. The molecule has 1 amide bonds. The number of carbonyl (C=O) groups excluding carboxylic acids is 2. The van der Waals surface area contributed by atoms with Crippen molar-refractivity contribution in [3.05, 3.63) is 35.9 Å². The first kappa shape index (κ1) is 16.5. The highest BCUT2D eigenvalue weighted by atomic mass is 19.4. The molecule has 120 valence electrons. The normalized spacial score (nSPS) is 21.9. The van der Waals surface area contributed by atoms with Crippen LogP contribution >= 0.6 is 0 Å². The highest BCUT2D eigenvalue weighted by Crippen LogP contribution is 2.37. The van der Waals surface area contributed by atoms with E-state index >= 15 is 0 Å². The minimum Gasteiger partial charge on any atom is -0.379 e. The molecule has 1 saturated heterocycles. The number of carbonyl (C=O) groups is 2. The Balaban J connectivity index is 1.88. The predicted molar refractivity (Wildman–Crippen MR) is 72.2 cm³/mol. The number of halogens is 3. The van der Waals surface area contributed by atoms with Gasteiger partial charge in [-0.25, -0.2) is 0 Å². The zero-order valence-corrected chi connectivity index (χ0v) is 11.8. The summed E-state index contributed by atoms with van der Waals surface area (Å²) in [5.41, 5.74) is -2.38. The van der Waals surface area contributed by atoms with Crippen LogP contribution < -0.4 is 0 Å². The maximum atomic E-state index is 12.7. The molecule has 1 heterocycles. The molecule has 0 unspecified atom stereocenters. The van der Waals surface area contributed by atoms with Crippen molar-refractivity contribution in [3.8, 4) is 0 Å². The molecule has 7 heteroatoms. The van der Waals surface area contributed by atoms with Crippen LogP contribution in [-0.4, -0.2) is 46.6 Å². The van der Waals surface area contributed by atoms with E-state index in [4.69, 9.17) is 0 Å². The smallest absolute Gasteiger partial charge is 0.379 e. The van der Waals surface area contributed by atoms with Gasteiger partial charge in [0, 0.05) is 31.4 Å². The molecule has 0 radical (unpaired) electrons. The van der Waals surface area contributed by atoms with Crippen molar-refractivity contribution < 1.29 is 27.9 Å². The van der Waals surface area contributed by atoms with Crippen LogP contribution in [0.25, 0.3) is 0 Å². The number of Topliss-reactive ketones (excluding diaryl/α,β-unsaturated/α-hetero) is 1. The molecule has 0 bridgehead atoms. The van der Waals surface area contributed by atoms with Crippen LogP contribution in [0.15, 0.2) is 30.3 Å². The van der Waals surface area contributed by atoms with Crippen LogP contribution in [0.5, 0.6) is 0 Å².